The van der Waals surface area contributed by atoms with Gasteiger partial charge in [0, 0.05) is 42.5 Å². The third-order valence-electron chi connectivity index (χ3n) is 7.98. The number of hydrogen-bond donors (Lipinski definition) is 2. The third-order valence-corrected chi connectivity index (χ3v) is 7.98. The molecule has 2 amide bonds. The normalized spacial score (nSPS) is 24.1. The first-order chi connectivity index (χ1) is 14.2. The Balaban J connectivity index is 1.59. The van der Waals surface area contributed by atoms with Gasteiger partial charge in [0.05, 0.1) is 0 Å². The van der Waals surface area contributed by atoms with Gasteiger partial charge in [0.2, 0.25) is 11.8 Å². The lowest BCUT2D eigenvalue weighted by atomic mass is 9.63. The first-order valence-corrected chi connectivity index (χ1v) is 12.4. The van der Waals surface area contributed by atoms with Crippen molar-refractivity contribution in [2.75, 3.05) is 26.3 Å². The zero-order valence-corrected chi connectivity index (χ0v) is 19.8. The van der Waals surface area contributed by atoms with Crippen molar-refractivity contribution in [1.82, 2.24) is 10.6 Å². The Morgan fingerprint density at radius 3 is 1.43 bits per heavy atom. The molecule has 2 N–H and O–H groups in total. The molecule has 0 bridgehead atoms. The van der Waals surface area contributed by atoms with Crippen LogP contribution < -0.4 is 10.6 Å². The number of carbonyl (C=O) groups excluding carboxylic acids is 2. The molecule has 0 aromatic heterocycles. The Hall–Kier alpha value is -1.10. The minimum Gasteiger partial charge on any atom is -0.381 e. The summed E-state index contributed by atoms with van der Waals surface area (Å²) in [5, 5.41) is 6.64. The fourth-order valence-electron chi connectivity index (χ4n) is 5.95. The lowest BCUT2D eigenvalue weighted by Crippen LogP contribution is -2.55. The van der Waals surface area contributed by atoms with E-state index in [9.17, 15) is 9.59 Å². The van der Waals surface area contributed by atoms with Crippen LogP contribution in [0.15, 0.2) is 0 Å². The molecular weight excluding hydrogens is 376 g/mol. The van der Waals surface area contributed by atoms with Crippen LogP contribution >= 0.6 is 0 Å². The number of rotatable bonds is 10. The molecule has 172 valence electrons. The molecule has 5 heteroatoms. The Bertz CT molecular complexity index is 554. The second-order valence-corrected chi connectivity index (χ2v) is 11.4. The minimum atomic E-state index is -0.156. The fourth-order valence-corrected chi connectivity index (χ4v) is 5.95. The van der Waals surface area contributed by atoms with Gasteiger partial charge < -0.3 is 15.4 Å². The van der Waals surface area contributed by atoms with Gasteiger partial charge in [0.1, 0.15) is 0 Å². The third kappa shape index (κ3) is 5.20. The van der Waals surface area contributed by atoms with Gasteiger partial charge in [-0.3, -0.25) is 9.59 Å². The number of carbonyl (C=O) groups is 2. The van der Waals surface area contributed by atoms with Crippen molar-refractivity contribution in [3.05, 3.63) is 0 Å². The largest absolute Gasteiger partial charge is 0.381 e. The highest BCUT2D eigenvalue weighted by Crippen LogP contribution is 2.47. The molecule has 0 atom stereocenters. The molecule has 0 radical (unpaired) electrons. The van der Waals surface area contributed by atoms with E-state index in [-0.39, 0.29) is 28.1 Å². The summed E-state index contributed by atoms with van der Waals surface area (Å²) in [5.74, 6) is 1.53. The molecule has 0 aromatic rings. The molecule has 0 spiro atoms. The van der Waals surface area contributed by atoms with Crippen molar-refractivity contribution < 1.29 is 14.3 Å². The molecule has 3 fully saturated rings. The number of amides is 2. The maximum absolute atomic E-state index is 13.1. The molecule has 30 heavy (non-hydrogen) atoms. The van der Waals surface area contributed by atoms with Crippen LogP contribution in [0.4, 0.5) is 0 Å². The minimum absolute atomic E-state index is 0.0882. The fraction of sp³-hybridized carbons (Fsp3) is 0.920. The molecule has 0 aromatic carbocycles. The summed E-state index contributed by atoms with van der Waals surface area (Å²) in [6.07, 6.45) is 10.1. The van der Waals surface area contributed by atoms with Crippen LogP contribution in [0.3, 0.4) is 0 Å². The lowest BCUT2D eigenvalue weighted by molar-refractivity contribution is -0.139. The van der Waals surface area contributed by atoms with E-state index in [1.807, 2.05) is 0 Å². The van der Waals surface area contributed by atoms with Crippen molar-refractivity contribution in [2.24, 2.45) is 28.1 Å². The van der Waals surface area contributed by atoms with Crippen LogP contribution in [0.1, 0.15) is 91.9 Å². The van der Waals surface area contributed by atoms with E-state index >= 15 is 0 Å². The highest BCUT2D eigenvalue weighted by atomic mass is 16.5. The van der Waals surface area contributed by atoms with Crippen LogP contribution in [0.2, 0.25) is 0 Å². The van der Waals surface area contributed by atoms with Gasteiger partial charge in [-0.25, -0.2) is 0 Å². The number of nitrogens with one attached hydrogen (secondary N) is 2. The average Bonchev–Trinajstić information content (AvgIpc) is 2.64. The Labute approximate surface area is 183 Å². The van der Waals surface area contributed by atoms with Crippen LogP contribution in [-0.4, -0.2) is 38.1 Å². The molecule has 3 aliphatic rings. The van der Waals surface area contributed by atoms with Gasteiger partial charge in [-0.05, 0) is 63.2 Å². The van der Waals surface area contributed by atoms with E-state index in [0.29, 0.717) is 38.1 Å². The standard InChI is InChI=1S/C25H44N2O3/c1-19(2)15-24(7-5-8-24)21(28)26-17-23(11-13-30-14-12-23)18-27-22(29)25(9-6-10-25)16-20(3)4/h19-20H,5-18H2,1-4H3,(H,26,28)(H,27,29). The first-order valence-electron chi connectivity index (χ1n) is 12.4. The van der Waals surface area contributed by atoms with Gasteiger partial charge in [0.25, 0.3) is 0 Å². The molecule has 1 aliphatic heterocycles. The first kappa shape index (κ1) is 23.6. The number of hydrogen-bond acceptors (Lipinski definition) is 3. The van der Waals surface area contributed by atoms with Crippen molar-refractivity contribution >= 4 is 11.8 Å². The van der Waals surface area contributed by atoms with E-state index in [0.717, 1.165) is 64.2 Å². The van der Waals surface area contributed by atoms with E-state index in [4.69, 9.17) is 4.74 Å². The van der Waals surface area contributed by atoms with Gasteiger partial charge in [0.15, 0.2) is 0 Å². The monoisotopic (exact) mass is 420 g/mol. The zero-order valence-electron chi connectivity index (χ0n) is 19.8. The Kier molecular flexibility index (Phi) is 7.53. The molecule has 0 unspecified atom stereocenters. The predicted octanol–water partition coefficient (Wildman–Crippen LogP) is 4.45. The second kappa shape index (κ2) is 9.58. The molecule has 3 rings (SSSR count). The van der Waals surface area contributed by atoms with Crippen molar-refractivity contribution in [3.63, 3.8) is 0 Å². The summed E-state index contributed by atoms with van der Waals surface area (Å²) in [6.45, 7) is 11.5. The SMILES string of the molecule is CC(C)CC1(C(=O)NCC2(CNC(=O)C3(CC(C)C)CCC3)CCOCC2)CCC1. The molecule has 5 nitrogen and oxygen atoms in total. The molecule has 1 heterocycles. The molecule has 1 saturated heterocycles. The van der Waals surface area contributed by atoms with Crippen LogP contribution in [0.5, 0.6) is 0 Å². The van der Waals surface area contributed by atoms with Crippen molar-refractivity contribution in [3.8, 4) is 0 Å². The highest BCUT2D eigenvalue weighted by Gasteiger charge is 2.47. The summed E-state index contributed by atoms with van der Waals surface area (Å²) in [6, 6.07) is 0. The van der Waals surface area contributed by atoms with Crippen LogP contribution in [0.25, 0.3) is 0 Å². The van der Waals surface area contributed by atoms with E-state index in [1.54, 1.807) is 0 Å². The van der Waals surface area contributed by atoms with Gasteiger partial charge in [-0.2, -0.15) is 0 Å². The molecule has 2 saturated carbocycles. The summed E-state index contributed by atoms with van der Waals surface area (Å²) in [4.78, 5) is 26.2. The smallest absolute Gasteiger partial charge is 0.226 e. The topological polar surface area (TPSA) is 67.4 Å². The number of ether oxygens (including phenoxy) is 1. The Morgan fingerprint density at radius 2 is 1.13 bits per heavy atom. The van der Waals surface area contributed by atoms with E-state index < -0.39 is 0 Å². The summed E-state index contributed by atoms with van der Waals surface area (Å²) in [7, 11) is 0. The van der Waals surface area contributed by atoms with Gasteiger partial charge in [-0.15, -0.1) is 0 Å². The van der Waals surface area contributed by atoms with E-state index in [2.05, 4.69) is 38.3 Å². The maximum Gasteiger partial charge on any atom is 0.226 e. The van der Waals surface area contributed by atoms with E-state index in [1.165, 1.54) is 0 Å². The van der Waals surface area contributed by atoms with Crippen LogP contribution in [-0.2, 0) is 14.3 Å². The van der Waals surface area contributed by atoms with Gasteiger partial charge >= 0.3 is 0 Å². The quantitative estimate of drug-likeness (QED) is 0.549. The Morgan fingerprint density at radius 1 is 0.733 bits per heavy atom. The molecule has 2 aliphatic carbocycles. The maximum atomic E-state index is 13.1. The van der Waals surface area contributed by atoms with Crippen LogP contribution in [0, 0.1) is 28.1 Å². The lowest BCUT2D eigenvalue weighted by Gasteiger charge is -2.45. The van der Waals surface area contributed by atoms with Gasteiger partial charge in [-0.1, -0.05) is 40.5 Å². The predicted molar refractivity (Wildman–Crippen MR) is 120 cm³/mol. The summed E-state index contributed by atoms with van der Waals surface area (Å²) >= 11 is 0. The zero-order chi connectivity index (χ0) is 21.8. The summed E-state index contributed by atoms with van der Waals surface area (Å²) < 4.78 is 5.62. The van der Waals surface area contributed by atoms with Crippen molar-refractivity contribution in [2.45, 2.75) is 91.9 Å². The summed E-state index contributed by atoms with van der Waals surface area (Å²) in [5.41, 5.74) is -0.400. The second-order valence-electron chi connectivity index (χ2n) is 11.4. The van der Waals surface area contributed by atoms with Crippen molar-refractivity contribution in [1.29, 1.82) is 0 Å². The molecular formula is C25H44N2O3. The highest BCUT2D eigenvalue weighted by molar-refractivity contribution is 5.84. The average molecular weight is 421 g/mol.